The first-order valence-corrected chi connectivity index (χ1v) is 12.0. The van der Waals surface area contributed by atoms with Gasteiger partial charge in [0.1, 0.15) is 12.6 Å². The highest BCUT2D eigenvalue weighted by Crippen LogP contribution is 2.23. The lowest BCUT2D eigenvalue weighted by molar-refractivity contribution is -0.140. The second-order valence-corrected chi connectivity index (χ2v) is 9.45. The van der Waals surface area contributed by atoms with Gasteiger partial charge in [-0.2, -0.15) is 0 Å². The lowest BCUT2D eigenvalue weighted by atomic mass is 10.1. The van der Waals surface area contributed by atoms with Gasteiger partial charge in [0, 0.05) is 13.6 Å². The van der Waals surface area contributed by atoms with Crippen LogP contribution in [-0.2, 0) is 26.2 Å². The van der Waals surface area contributed by atoms with Crippen LogP contribution in [0.4, 0.5) is 5.69 Å². The number of rotatable bonds is 9. The van der Waals surface area contributed by atoms with Crippen LogP contribution in [0.2, 0.25) is 0 Å². The van der Waals surface area contributed by atoms with Crippen molar-refractivity contribution in [2.75, 3.05) is 24.2 Å². The molecule has 1 atom stereocenters. The first kappa shape index (κ1) is 24.4. The Hall–Kier alpha value is -2.87. The summed E-state index contributed by atoms with van der Waals surface area (Å²) >= 11 is 0. The first-order valence-electron chi connectivity index (χ1n) is 10.2. The Morgan fingerprint density at radius 1 is 1.00 bits per heavy atom. The lowest BCUT2D eigenvalue weighted by Gasteiger charge is -2.33. The monoisotopic (exact) mass is 445 g/mol. The molecule has 1 N–H and O–H groups in total. The number of hydrogen-bond donors (Lipinski definition) is 1. The van der Waals surface area contributed by atoms with Crippen molar-refractivity contribution in [2.24, 2.45) is 0 Å². The van der Waals surface area contributed by atoms with Crippen molar-refractivity contribution < 1.29 is 18.0 Å². The van der Waals surface area contributed by atoms with E-state index < -0.39 is 22.0 Å². The third-order valence-electron chi connectivity index (χ3n) is 5.30. The van der Waals surface area contributed by atoms with Crippen LogP contribution in [0.3, 0.4) is 0 Å². The van der Waals surface area contributed by atoms with E-state index in [1.807, 2.05) is 44.2 Å². The molecule has 0 heterocycles. The lowest BCUT2D eigenvalue weighted by Crippen LogP contribution is -2.51. The molecule has 0 saturated carbocycles. The fraction of sp³-hybridized carbons (Fsp3) is 0.391. The van der Waals surface area contributed by atoms with Gasteiger partial charge >= 0.3 is 0 Å². The fourth-order valence-corrected chi connectivity index (χ4v) is 4.40. The number of hydrogen-bond acceptors (Lipinski definition) is 4. The topological polar surface area (TPSA) is 86.8 Å². The van der Waals surface area contributed by atoms with E-state index in [9.17, 15) is 18.0 Å². The van der Waals surface area contributed by atoms with E-state index in [4.69, 9.17) is 0 Å². The van der Waals surface area contributed by atoms with Crippen molar-refractivity contribution in [1.82, 2.24) is 10.2 Å². The van der Waals surface area contributed by atoms with Gasteiger partial charge in [-0.15, -0.1) is 0 Å². The third-order valence-corrected chi connectivity index (χ3v) is 6.42. The molecule has 0 bridgehead atoms. The molecule has 0 fully saturated rings. The molecule has 31 heavy (non-hydrogen) atoms. The molecule has 0 spiro atoms. The summed E-state index contributed by atoms with van der Waals surface area (Å²) in [6.07, 6.45) is 1.48. The Morgan fingerprint density at radius 3 is 2.10 bits per heavy atom. The van der Waals surface area contributed by atoms with E-state index >= 15 is 0 Å². The highest BCUT2D eigenvalue weighted by atomic mass is 32.2. The number of anilines is 1. The molecule has 0 radical (unpaired) electrons. The van der Waals surface area contributed by atoms with Gasteiger partial charge in [-0.1, -0.05) is 49.4 Å². The van der Waals surface area contributed by atoms with Crippen molar-refractivity contribution in [3.05, 3.63) is 65.2 Å². The molecule has 0 aliphatic rings. The maximum Gasteiger partial charge on any atom is 0.244 e. The molecular formula is C23H31N3O4S. The van der Waals surface area contributed by atoms with Gasteiger partial charge in [0.2, 0.25) is 21.8 Å². The van der Waals surface area contributed by atoms with Crippen LogP contribution in [0.15, 0.2) is 48.5 Å². The van der Waals surface area contributed by atoms with E-state index in [-0.39, 0.29) is 19.0 Å². The van der Waals surface area contributed by atoms with Gasteiger partial charge in [-0.05, 0) is 43.0 Å². The molecule has 0 aliphatic carbocycles. The van der Waals surface area contributed by atoms with Crippen molar-refractivity contribution in [3.8, 4) is 0 Å². The molecule has 0 unspecified atom stereocenters. The number of benzene rings is 2. The number of carbonyl (C=O) groups excluding carboxylic acids is 2. The van der Waals surface area contributed by atoms with Crippen LogP contribution in [0.5, 0.6) is 0 Å². The average molecular weight is 446 g/mol. The Morgan fingerprint density at radius 2 is 1.58 bits per heavy atom. The van der Waals surface area contributed by atoms with Crippen LogP contribution in [-0.4, -0.2) is 51.0 Å². The zero-order chi connectivity index (χ0) is 23.2. The number of aryl methyl sites for hydroxylation is 2. The number of para-hydroxylation sites is 1. The normalized spacial score (nSPS) is 12.2. The molecule has 2 aromatic rings. The van der Waals surface area contributed by atoms with Crippen LogP contribution in [0.25, 0.3) is 0 Å². The smallest absolute Gasteiger partial charge is 0.244 e. The summed E-state index contributed by atoms with van der Waals surface area (Å²) in [6.45, 7) is 5.39. The number of amides is 2. The predicted octanol–water partition coefficient (Wildman–Crippen LogP) is 2.62. The van der Waals surface area contributed by atoms with Crippen LogP contribution in [0.1, 0.15) is 30.0 Å². The van der Waals surface area contributed by atoms with E-state index in [1.165, 1.54) is 11.9 Å². The Kier molecular flexibility index (Phi) is 8.21. The molecule has 7 nitrogen and oxygen atoms in total. The third kappa shape index (κ3) is 6.07. The highest BCUT2D eigenvalue weighted by molar-refractivity contribution is 7.92. The summed E-state index contributed by atoms with van der Waals surface area (Å²) in [7, 11) is -2.20. The van der Waals surface area contributed by atoms with Crippen molar-refractivity contribution in [3.63, 3.8) is 0 Å². The van der Waals surface area contributed by atoms with Crippen LogP contribution >= 0.6 is 0 Å². The van der Waals surface area contributed by atoms with Gasteiger partial charge in [0.15, 0.2) is 0 Å². The molecular weight excluding hydrogens is 414 g/mol. The standard InChI is InChI=1S/C23H31N3O4S/c1-6-20(23(28)24-4)25(15-19-13-9-7-11-17(19)2)22(27)16-26(31(5,29)30)21-14-10-8-12-18(21)3/h7-14,20H,6,15-16H2,1-5H3,(H,24,28)/t20-/m0/s1. The zero-order valence-corrected chi connectivity index (χ0v) is 19.6. The number of carbonyl (C=O) groups is 2. The predicted molar refractivity (Wildman–Crippen MR) is 123 cm³/mol. The molecule has 2 amide bonds. The van der Waals surface area contributed by atoms with Gasteiger partial charge in [0.05, 0.1) is 11.9 Å². The van der Waals surface area contributed by atoms with Crippen LogP contribution < -0.4 is 9.62 Å². The largest absolute Gasteiger partial charge is 0.357 e. The van der Waals surface area contributed by atoms with Crippen LogP contribution in [0, 0.1) is 13.8 Å². The van der Waals surface area contributed by atoms with Gasteiger partial charge in [0.25, 0.3) is 0 Å². The number of nitrogens with one attached hydrogen (secondary N) is 1. The first-order chi connectivity index (χ1) is 14.6. The Labute approximate surface area is 185 Å². The average Bonchev–Trinajstić information content (AvgIpc) is 2.72. The van der Waals surface area contributed by atoms with E-state index in [1.54, 1.807) is 25.1 Å². The summed E-state index contributed by atoms with van der Waals surface area (Å²) in [5, 5.41) is 2.61. The fourth-order valence-electron chi connectivity index (χ4n) is 3.50. The van der Waals surface area contributed by atoms with Gasteiger partial charge < -0.3 is 10.2 Å². The summed E-state index contributed by atoms with van der Waals surface area (Å²) < 4.78 is 26.2. The van der Waals surface area contributed by atoms with E-state index in [0.717, 1.165) is 27.3 Å². The summed E-state index contributed by atoms with van der Waals surface area (Å²) in [4.78, 5) is 27.5. The highest BCUT2D eigenvalue weighted by Gasteiger charge is 2.31. The van der Waals surface area contributed by atoms with E-state index in [0.29, 0.717) is 12.1 Å². The van der Waals surface area contributed by atoms with E-state index in [2.05, 4.69) is 5.32 Å². The SMILES string of the molecule is CC[C@@H](C(=O)NC)N(Cc1ccccc1C)C(=O)CN(c1ccccc1C)S(C)(=O)=O. The molecule has 0 aromatic heterocycles. The molecule has 2 aromatic carbocycles. The molecule has 168 valence electrons. The minimum Gasteiger partial charge on any atom is -0.357 e. The van der Waals surface area contributed by atoms with Gasteiger partial charge in [-0.25, -0.2) is 8.42 Å². The molecule has 0 aliphatic heterocycles. The summed E-state index contributed by atoms with van der Waals surface area (Å²) in [6, 6.07) is 13.9. The zero-order valence-electron chi connectivity index (χ0n) is 18.8. The second kappa shape index (κ2) is 10.4. The molecule has 2 rings (SSSR count). The van der Waals surface area contributed by atoms with Crippen molar-refractivity contribution in [2.45, 2.75) is 39.8 Å². The second-order valence-electron chi connectivity index (χ2n) is 7.54. The minimum absolute atomic E-state index is 0.211. The maximum atomic E-state index is 13.5. The van der Waals surface area contributed by atoms with Crippen molar-refractivity contribution in [1.29, 1.82) is 0 Å². The Balaban J connectivity index is 2.46. The molecule has 0 saturated heterocycles. The quantitative estimate of drug-likeness (QED) is 0.643. The summed E-state index contributed by atoms with van der Waals surface area (Å²) in [5.41, 5.74) is 3.08. The Bertz CT molecular complexity index is 1040. The maximum absolute atomic E-state index is 13.5. The van der Waals surface area contributed by atoms with Crippen molar-refractivity contribution >= 4 is 27.5 Å². The summed E-state index contributed by atoms with van der Waals surface area (Å²) in [5.74, 6) is -0.724. The van der Waals surface area contributed by atoms with Gasteiger partial charge in [-0.3, -0.25) is 13.9 Å². The number of nitrogens with zero attached hydrogens (tertiary/aromatic N) is 2. The number of sulfonamides is 1. The molecule has 8 heteroatoms. The minimum atomic E-state index is -3.72. The number of likely N-dealkylation sites (N-methyl/N-ethyl adjacent to an activating group) is 1.